The summed E-state index contributed by atoms with van der Waals surface area (Å²) in [6.07, 6.45) is -0.471. The highest BCUT2D eigenvalue weighted by Crippen LogP contribution is 2.26. The fraction of sp³-hybridized carbons (Fsp3) is 0.333. The van der Waals surface area contributed by atoms with Gasteiger partial charge in [0.15, 0.2) is 0 Å². The Kier molecular flexibility index (Phi) is 5.23. The number of hydrogen-bond acceptors (Lipinski definition) is 3. The van der Waals surface area contributed by atoms with Gasteiger partial charge in [-0.25, -0.2) is 0 Å². The Morgan fingerprint density at radius 1 is 1.14 bits per heavy atom. The number of aliphatic hydroxyl groups excluding tert-OH is 1. The Balaban J connectivity index is 2.26. The minimum atomic E-state index is -0.471. The lowest BCUT2D eigenvalue weighted by atomic mass is 10.1. The predicted octanol–water partition coefficient (Wildman–Crippen LogP) is 3.78. The molecule has 0 aliphatic rings. The zero-order valence-corrected chi connectivity index (χ0v) is 12.9. The Morgan fingerprint density at radius 3 is 2.48 bits per heavy atom. The van der Waals surface area contributed by atoms with Gasteiger partial charge in [-0.2, -0.15) is 0 Å². The summed E-state index contributed by atoms with van der Waals surface area (Å²) >= 11 is 0. The van der Waals surface area contributed by atoms with Gasteiger partial charge >= 0.3 is 0 Å². The highest BCUT2D eigenvalue weighted by Gasteiger charge is 2.10. The average molecular weight is 285 g/mol. The summed E-state index contributed by atoms with van der Waals surface area (Å²) in [4.78, 5) is 2.17. The first kappa shape index (κ1) is 15.4. The maximum absolute atomic E-state index is 9.77. The van der Waals surface area contributed by atoms with Crippen LogP contribution in [0.15, 0.2) is 48.5 Å². The molecular formula is C18H23NO2. The highest BCUT2D eigenvalue weighted by molar-refractivity contribution is 5.48. The summed E-state index contributed by atoms with van der Waals surface area (Å²) in [5, 5.41) is 9.77. The van der Waals surface area contributed by atoms with Gasteiger partial charge in [0.1, 0.15) is 5.75 Å². The van der Waals surface area contributed by atoms with Crippen molar-refractivity contribution in [1.29, 1.82) is 0 Å². The molecule has 0 aliphatic carbocycles. The van der Waals surface area contributed by atoms with Gasteiger partial charge in [0.2, 0.25) is 0 Å². The summed E-state index contributed by atoms with van der Waals surface area (Å²) < 4.78 is 5.70. The highest BCUT2D eigenvalue weighted by atomic mass is 16.5. The van der Waals surface area contributed by atoms with Gasteiger partial charge in [-0.3, -0.25) is 0 Å². The third-order valence-electron chi connectivity index (χ3n) is 3.47. The molecular weight excluding hydrogens is 262 g/mol. The molecule has 3 heteroatoms. The zero-order valence-electron chi connectivity index (χ0n) is 12.9. The second kappa shape index (κ2) is 7.14. The predicted molar refractivity (Wildman–Crippen MR) is 86.8 cm³/mol. The lowest BCUT2D eigenvalue weighted by molar-refractivity contribution is 0.199. The van der Waals surface area contributed by atoms with Crippen LogP contribution in [-0.4, -0.2) is 18.8 Å². The van der Waals surface area contributed by atoms with Gasteiger partial charge in [-0.05, 0) is 43.7 Å². The molecule has 0 saturated carbocycles. The van der Waals surface area contributed by atoms with Gasteiger partial charge in [0, 0.05) is 24.8 Å². The van der Waals surface area contributed by atoms with Crippen LogP contribution >= 0.6 is 0 Å². The maximum atomic E-state index is 9.77. The topological polar surface area (TPSA) is 32.7 Å². The van der Waals surface area contributed by atoms with E-state index in [-0.39, 0.29) is 0 Å². The average Bonchev–Trinajstić information content (AvgIpc) is 2.50. The monoisotopic (exact) mass is 285 g/mol. The van der Waals surface area contributed by atoms with Gasteiger partial charge in [-0.15, -0.1) is 0 Å². The third kappa shape index (κ3) is 3.99. The number of benzene rings is 2. The first-order chi connectivity index (χ1) is 10.1. The quantitative estimate of drug-likeness (QED) is 0.877. The van der Waals surface area contributed by atoms with Crippen molar-refractivity contribution in [1.82, 2.24) is 0 Å². The van der Waals surface area contributed by atoms with Gasteiger partial charge in [0.05, 0.1) is 12.7 Å². The summed E-state index contributed by atoms with van der Waals surface area (Å²) in [6.45, 7) is 5.13. The molecule has 0 radical (unpaired) electrons. The number of hydrogen-bond donors (Lipinski definition) is 1. The van der Waals surface area contributed by atoms with Crippen LogP contribution in [-0.2, 0) is 6.54 Å². The van der Waals surface area contributed by atoms with E-state index in [4.69, 9.17) is 4.74 Å². The van der Waals surface area contributed by atoms with E-state index in [0.717, 1.165) is 29.1 Å². The Hall–Kier alpha value is -2.00. The van der Waals surface area contributed by atoms with Crippen LogP contribution < -0.4 is 9.64 Å². The number of para-hydroxylation sites is 1. The molecule has 0 aliphatic heterocycles. The summed E-state index contributed by atoms with van der Waals surface area (Å²) in [7, 11) is 2.06. The van der Waals surface area contributed by atoms with Gasteiger partial charge in [0.25, 0.3) is 0 Å². The van der Waals surface area contributed by atoms with Crippen molar-refractivity contribution in [2.75, 3.05) is 18.6 Å². The summed E-state index contributed by atoms with van der Waals surface area (Å²) in [6, 6.07) is 16.1. The third-order valence-corrected chi connectivity index (χ3v) is 3.47. The molecule has 1 unspecified atom stereocenters. The standard InChI is InChI=1S/C18H23NO2/c1-4-21-18-11-10-15(14(2)20)12-16(18)13-19(3)17-8-6-5-7-9-17/h5-12,14,20H,4,13H2,1-3H3. The molecule has 1 N–H and O–H groups in total. The molecule has 3 nitrogen and oxygen atoms in total. The fourth-order valence-electron chi connectivity index (χ4n) is 2.31. The van der Waals surface area contributed by atoms with Crippen molar-refractivity contribution in [2.24, 2.45) is 0 Å². The summed E-state index contributed by atoms with van der Waals surface area (Å²) in [5.74, 6) is 0.879. The molecule has 0 heterocycles. The number of anilines is 1. The van der Waals surface area contributed by atoms with Crippen LogP contribution in [0.5, 0.6) is 5.75 Å². The molecule has 2 aromatic carbocycles. The molecule has 21 heavy (non-hydrogen) atoms. The number of rotatable bonds is 6. The lowest BCUT2D eigenvalue weighted by Gasteiger charge is -2.22. The Morgan fingerprint density at radius 2 is 1.86 bits per heavy atom. The van der Waals surface area contributed by atoms with Crippen LogP contribution in [0.2, 0.25) is 0 Å². The van der Waals surface area contributed by atoms with Crippen LogP contribution in [0.3, 0.4) is 0 Å². The lowest BCUT2D eigenvalue weighted by Crippen LogP contribution is -2.17. The SMILES string of the molecule is CCOc1ccc(C(C)O)cc1CN(C)c1ccccc1. The molecule has 0 saturated heterocycles. The molecule has 0 bridgehead atoms. The second-order valence-electron chi connectivity index (χ2n) is 5.17. The number of nitrogens with zero attached hydrogens (tertiary/aromatic N) is 1. The normalized spacial score (nSPS) is 12.0. The van der Waals surface area contributed by atoms with Crippen molar-refractivity contribution in [3.05, 3.63) is 59.7 Å². The van der Waals surface area contributed by atoms with E-state index in [2.05, 4.69) is 24.1 Å². The van der Waals surface area contributed by atoms with E-state index in [9.17, 15) is 5.11 Å². The Labute approximate surface area is 126 Å². The van der Waals surface area contributed by atoms with Crippen LogP contribution in [0.25, 0.3) is 0 Å². The first-order valence-corrected chi connectivity index (χ1v) is 7.31. The molecule has 0 spiro atoms. The van der Waals surface area contributed by atoms with E-state index in [1.54, 1.807) is 6.92 Å². The van der Waals surface area contributed by atoms with E-state index < -0.39 is 6.10 Å². The second-order valence-corrected chi connectivity index (χ2v) is 5.17. The smallest absolute Gasteiger partial charge is 0.124 e. The van der Waals surface area contributed by atoms with Crippen molar-refractivity contribution in [3.63, 3.8) is 0 Å². The van der Waals surface area contributed by atoms with E-state index >= 15 is 0 Å². The number of aliphatic hydroxyl groups is 1. The molecule has 1 atom stereocenters. The van der Waals surface area contributed by atoms with Crippen LogP contribution in [0.4, 0.5) is 5.69 Å². The number of ether oxygens (including phenoxy) is 1. The Bertz CT molecular complexity index is 567. The molecule has 2 aromatic rings. The van der Waals surface area contributed by atoms with Gasteiger partial charge < -0.3 is 14.7 Å². The fourth-order valence-corrected chi connectivity index (χ4v) is 2.31. The van der Waals surface area contributed by atoms with Crippen LogP contribution in [0.1, 0.15) is 31.1 Å². The maximum Gasteiger partial charge on any atom is 0.124 e. The van der Waals surface area contributed by atoms with Gasteiger partial charge in [-0.1, -0.05) is 24.3 Å². The van der Waals surface area contributed by atoms with Crippen molar-refractivity contribution >= 4 is 5.69 Å². The van der Waals surface area contributed by atoms with Crippen LogP contribution in [0, 0.1) is 0 Å². The minimum absolute atomic E-state index is 0.471. The molecule has 112 valence electrons. The van der Waals surface area contributed by atoms with Crippen molar-refractivity contribution < 1.29 is 9.84 Å². The largest absolute Gasteiger partial charge is 0.494 e. The van der Waals surface area contributed by atoms with E-state index in [1.807, 2.05) is 43.3 Å². The summed E-state index contributed by atoms with van der Waals surface area (Å²) in [5.41, 5.74) is 3.15. The van der Waals surface area contributed by atoms with E-state index in [1.165, 1.54) is 0 Å². The van der Waals surface area contributed by atoms with Crippen molar-refractivity contribution in [3.8, 4) is 5.75 Å². The molecule has 0 aromatic heterocycles. The first-order valence-electron chi connectivity index (χ1n) is 7.31. The minimum Gasteiger partial charge on any atom is -0.494 e. The molecule has 0 amide bonds. The molecule has 0 fully saturated rings. The zero-order chi connectivity index (χ0) is 15.2. The molecule has 2 rings (SSSR count). The van der Waals surface area contributed by atoms with E-state index in [0.29, 0.717) is 6.61 Å². The van der Waals surface area contributed by atoms with Crippen molar-refractivity contribution in [2.45, 2.75) is 26.5 Å².